The molecular weight excluding hydrogens is 482 g/mol. The van der Waals surface area contributed by atoms with Crippen LogP contribution in [0.5, 0.6) is 5.88 Å². The van der Waals surface area contributed by atoms with Gasteiger partial charge < -0.3 is 15.2 Å². The average molecular weight is 510 g/mol. The van der Waals surface area contributed by atoms with Gasteiger partial charge in [0.2, 0.25) is 5.88 Å². The fourth-order valence-electron chi connectivity index (χ4n) is 5.15. The van der Waals surface area contributed by atoms with Crippen molar-refractivity contribution in [1.29, 1.82) is 0 Å². The highest BCUT2D eigenvalue weighted by Crippen LogP contribution is 2.33. The van der Waals surface area contributed by atoms with Crippen LogP contribution in [-0.4, -0.2) is 36.8 Å². The molecule has 5 aromatic rings. The molecule has 1 aliphatic heterocycles. The zero-order valence-electron chi connectivity index (χ0n) is 21.4. The number of carboxylic acid groups (broad SMARTS) is 1. The zero-order valence-corrected chi connectivity index (χ0v) is 21.4. The standard InChI is InChI=1S/C29H27N5O4/c1-16-13-21(18(3)30-23-8-5-4-7-20(23)29(36)37)26-31-25(17(2)27(35)33(26)15-16)19-9-10-24-22(14-19)28-34(32-24)11-6-12-38-28/h4-5,7-10,13-15,18,30H,6,11-12H2,1-3H3,(H,36,37). The molecule has 3 aromatic heterocycles. The first-order valence-corrected chi connectivity index (χ1v) is 12.6. The first-order chi connectivity index (χ1) is 18.3. The summed E-state index contributed by atoms with van der Waals surface area (Å²) in [7, 11) is 0. The average Bonchev–Trinajstić information content (AvgIpc) is 3.28. The molecule has 6 rings (SSSR count). The lowest BCUT2D eigenvalue weighted by Crippen LogP contribution is -2.22. The summed E-state index contributed by atoms with van der Waals surface area (Å²) in [6.45, 7) is 7.11. The molecular formula is C29H27N5O4. The molecule has 4 heterocycles. The van der Waals surface area contributed by atoms with Crippen molar-refractivity contribution in [2.45, 2.75) is 39.8 Å². The number of fused-ring (bicyclic) bond motifs is 4. The molecule has 38 heavy (non-hydrogen) atoms. The number of rotatable bonds is 5. The third kappa shape index (κ3) is 3.87. The highest BCUT2D eigenvalue weighted by atomic mass is 16.5. The molecule has 0 saturated heterocycles. The van der Waals surface area contributed by atoms with Gasteiger partial charge in [0.1, 0.15) is 5.65 Å². The number of anilines is 1. The number of nitrogens with zero attached hydrogens (tertiary/aromatic N) is 4. The molecule has 0 amide bonds. The summed E-state index contributed by atoms with van der Waals surface area (Å²) in [6.07, 6.45) is 2.70. The lowest BCUT2D eigenvalue weighted by Gasteiger charge is -2.20. The smallest absolute Gasteiger partial charge is 0.337 e. The first-order valence-electron chi connectivity index (χ1n) is 12.6. The summed E-state index contributed by atoms with van der Waals surface area (Å²) < 4.78 is 9.37. The second-order valence-corrected chi connectivity index (χ2v) is 9.74. The predicted molar refractivity (Wildman–Crippen MR) is 145 cm³/mol. The summed E-state index contributed by atoms with van der Waals surface area (Å²) >= 11 is 0. The van der Waals surface area contributed by atoms with E-state index in [1.165, 1.54) is 0 Å². The minimum Gasteiger partial charge on any atom is -0.478 e. The Bertz CT molecular complexity index is 1800. The third-order valence-corrected chi connectivity index (χ3v) is 7.03. The van der Waals surface area contributed by atoms with Crippen LogP contribution in [-0.2, 0) is 6.54 Å². The Balaban J connectivity index is 1.50. The number of aromatic carboxylic acids is 1. The van der Waals surface area contributed by atoms with E-state index in [1.807, 2.05) is 42.8 Å². The molecule has 192 valence electrons. The molecule has 1 atom stereocenters. The fraction of sp³-hybridized carbons (Fsp3) is 0.241. The maximum absolute atomic E-state index is 13.6. The number of aromatic nitrogens is 4. The topological polar surface area (TPSA) is 111 Å². The van der Waals surface area contributed by atoms with Gasteiger partial charge in [0.05, 0.1) is 34.8 Å². The second-order valence-electron chi connectivity index (χ2n) is 9.74. The van der Waals surface area contributed by atoms with Gasteiger partial charge in [-0.1, -0.05) is 18.2 Å². The Kier molecular flexibility index (Phi) is 5.63. The number of hydrogen-bond donors (Lipinski definition) is 2. The van der Waals surface area contributed by atoms with E-state index < -0.39 is 5.97 Å². The van der Waals surface area contributed by atoms with E-state index in [9.17, 15) is 14.7 Å². The van der Waals surface area contributed by atoms with Crippen LogP contribution in [0.2, 0.25) is 0 Å². The zero-order chi connectivity index (χ0) is 26.6. The van der Waals surface area contributed by atoms with Crippen molar-refractivity contribution in [3.63, 3.8) is 0 Å². The third-order valence-electron chi connectivity index (χ3n) is 7.03. The Morgan fingerprint density at radius 3 is 2.79 bits per heavy atom. The summed E-state index contributed by atoms with van der Waals surface area (Å²) in [5, 5.41) is 18.5. The number of ether oxygens (including phenoxy) is 1. The summed E-state index contributed by atoms with van der Waals surface area (Å²) in [6, 6.07) is 14.3. The molecule has 0 spiro atoms. The van der Waals surface area contributed by atoms with Crippen LogP contribution in [0, 0.1) is 13.8 Å². The van der Waals surface area contributed by atoms with Crippen molar-refractivity contribution in [3.8, 4) is 17.1 Å². The van der Waals surface area contributed by atoms with Crippen LogP contribution >= 0.6 is 0 Å². The van der Waals surface area contributed by atoms with Crippen molar-refractivity contribution in [2.24, 2.45) is 0 Å². The molecule has 2 aromatic carbocycles. The molecule has 0 saturated carbocycles. The monoisotopic (exact) mass is 509 g/mol. The first kappa shape index (κ1) is 23.7. The largest absolute Gasteiger partial charge is 0.478 e. The molecule has 9 nitrogen and oxygen atoms in total. The van der Waals surface area contributed by atoms with E-state index in [-0.39, 0.29) is 17.2 Å². The number of aryl methyl sites for hydroxylation is 2. The van der Waals surface area contributed by atoms with Crippen LogP contribution < -0.4 is 15.6 Å². The van der Waals surface area contributed by atoms with Gasteiger partial charge in [-0.25, -0.2) is 14.5 Å². The number of para-hydroxylation sites is 1. The van der Waals surface area contributed by atoms with Gasteiger partial charge in [-0.3, -0.25) is 9.20 Å². The minimum atomic E-state index is -1.01. The van der Waals surface area contributed by atoms with Crippen LogP contribution in [0.25, 0.3) is 27.8 Å². The Morgan fingerprint density at radius 2 is 1.97 bits per heavy atom. The van der Waals surface area contributed by atoms with Gasteiger partial charge in [0.15, 0.2) is 0 Å². The van der Waals surface area contributed by atoms with E-state index in [1.54, 1.807) is 41.8 Å². The van der Waals surface area contributed by atoms with Crippen molar-refractivity contribution in [3.05, 3.63) is 87.3 Å². The predicted octanol–water partition coefficient (Wildman–Crippen LogP) is 4.98. The van der Waals surface area contributed by atoms with E-state index >= 15 is 0 Å². The maximum atomic E-state index is 13.6. The fourth-order valence-corrected chi connectivity index (χ4v) is 5.15. The van der Waals surface area contributed by atoms with E-state index in [0.29, 0.717) is 29.2 Å². The summed E-state index contributed by atoms with van der Waals surface area (Å²) in [4.78, 5) is 30.3. The van der Waals surface area contributed by atoms with Gasteiger partial charge >= 0.3 is 5.97 Å². The molecule has 0 fully saturated rings. The summed E-state index contributed by atoms with van der Waals surface area (Å²) in [5.41, 5.74) is 5.51. The number of carbonyl (C=O) groups is 1. The van der Waals surface area contributed by atoms with E-state index in [0.717, 1.165) is 46.4 Å². The molecule has 9 heteroatoms. The van der Waals surface area contributed by atoms with Gasteiger partial charge in [-0.05, 0) is 56.7 Å². The van der Waals surface area contributed by atoms with Crippen molar-refractivity contribution >= 4 is 28.2 Å². The molecule has 0 bridgehead atoms. The molecule has 1 unspecified atom stereocenters. The SMILES string of the molecule is Cc1cc(C(C)Nc2ccccc2C(=O)O)c2nc(-c3ccc4nn5c(c4c3)OCCC5)c(C)c(=O)n2c1. The number of pyridine rings is 1. The van der Waals surface area contributed by atoms with Crippen molar-refractivity contribution < 1.29 is 14.6 Å². The van der Waals surface area contributed by atoms with Crippen LogP contribution in [0.15, 0.2) is 59.5 Å². The van der Waals surface area contributed by atoms with E-state index in [2.05, 4.69) is 10.4 Å². The van der Waals surface area contributed by atoms with Crippen LogP contribution in [0.3, 0.4) is 0 Å². The Labute approximate surface area is 218 Å². The van der Waals surface area contributed by atoms with Gasteiger partial charge in [-0.2, -0.15) is 5.10 Å². The highest BCUT2D eigenvalue weighted by molar-refractivity contribution is 5.94. The summed E-state index contributed by atoms with van der Waals surface area (Å²) in [5.74, 6) is -0.266. The molecule has 0 radical (unpaired) electrons. The number of hydrogen-bond acceptors (Lipinski definition) is 6. The molecule has 2 N–H and O–H groups in total. The van der Waals surface area contributed by atoms with Crippen LogP contribution in [0.4, 0.5) is 5.69 Å². The molecule has 1 aliphatic rings. The minimum absolute atomic E-state index is 0.151. The highest BCUT2D eigenvalue weighted by Gasteiger charge is 2.21. The Morgan fingerprint density at radius 1 is 1.16 bits per heavy atom. The number of benzene rings is 2. The van der Waals surface area contributed by atoms with E-state index in [4.69, 9.17) is 9.72 Å². The normalized spacial score (nSPS) is 13.8. The second kappa shape index (κ2) is 9.02. The van der Waals surface area contributed by atoms with Crippen LogP contribution in [0.1, 0.15) is 46.4 Å². The van der Waals surface area contributed by atoms with Gasteiger partial charge in [0, 0.05) is 41.5 Å². The van der Waals surface area contributed by atoms with Gasteiger partial charge in [0.25, 0.3) is 5.56 Å². The van der Waals surface area contributed by atoms with Crippen molar-refractivity contribution in [1.82, 2.24) is 19.2 Å². The molecule has 0 aliphatic carbocycles. The quantitative estimate of drug-likeness (QED) is 0.344. The maximum Gasteiger partial charge on any atom is 0.337 e. The van der Waals surface area contributed by atoms with Crippen molar-refractivity contribution in [2.75, 3.05) is 11.9 Å². The van der Waals surface area contributed by atoms with Gasteiger partial charge in [-0.15, -0.1) is 0 Å². The lowest BCUT2D eigenvalue weighted by atomic mass is 10.0. The number of carboxylic acids is 1. The lowest BCUT2D eigenvalue weighted by molar-refractivity contribution is 0.0698. The Hall–Kier alpha value is -4.66. The number of nitrogens with one attached hydrogen (secondary N) is 1.